The van der Waals surface area contributed by atoms with E-state index < -0.39 is 0 Å². The van der Waals surface area contributed by atoms with Crippen molar-refractivity contribution in [1.29, 1.82) is 0 Å². The zero-order chi connectivity index (χ0) is 10.7. The van der Waals surface area contributed by atoms with Gasteiger partial charge in [0.2, 0.25) is 0 Å². The van der Waals surface area contributed by atoms with E-state index >= 15 is 0 Å². The van der Waals surface area contributed by atoms with E-state index in [9.17, 15) is 5.11 Å². The maximum atomic E-state index is 9.34. The first kappa shape index (κ1) is 10.8. The zero-order valence-corrected chi connectivity index (χ0v) is 9.96. The first-order chi connectivity index (χ1) is 7.25. The summed E-state index contributed by atoms with van der Waals surface area (Å²) in [4.78, 5) is 0. The van der Waals surface area contributed by atoms with Crippen molar-refractivity contribution in [3.63, 3.8) is 0 Å². The molecule has 0 unspecified atom stereocenters. The highest BCUT2D eigenvalue weighted by Crippen LogP contribution is 2.28. The summed E-state index contributed by atoms with van der Waals surface area (Å²) in [6.45, 7) is 2.04. The minimum Gasteiger partial charge on any atom is -0.507 e. The van der Waals surface area contributed by atoms with Gasteiger partial charge in [-0.05, 0) is 60.1 Å². The number of hydrogen-bond donors (Lipinski definition) is 2. The van der Waals surface area contributed by atoms with Crippen LogP contribution in [-0.4, -0.2) is 24.3 Å². The van der Waals surface area contributed by atoms with Gasteiger partial charge in [-0.3, -0.25) is 0 Å². The van der Waals surface area contributed by atoms with Crippen molar-refractivity contribution in [3.05, 3.63) is 22.7 Å². The molecule has 15 heavy (non-hydrogen) atoms. The summed E-state index contributed by atoms with van der Waals surface area (Å²) in [5.74, 6) is 1.05. The predicted octanol–water partition coefficient (Wildman–Crippen LogP) is 2.29. The van der Waals surface area contributed by atoms with E-state index in [4.69, 9.17) is 4.74 Å². The molecule has 1 aliphatic heterocycles. The Morgan fingerprint density at radius 2 is 2.07 bits per heavy atom. The van der Waals surface area contributed by atoms with Crippen LogP contribution >= 0.6 is 15.9 Å². The van der Waals surface area contributed by atoms with Crippen LogP contribution in [0.15, 0.2) is 22.7 Å². The molecule has 1 heterocycles. The molecule has 82 valence electrons. The van der Waals surface area contributed by atoms with Crippen LogP contribution in [0.4, 0.5) is 0 Å². The van der Waals surface area contributed by atoms with Gasteiger partial charge in [-0.2, -0.15) is 0 Å². The monoisotopic (exact) mass is 271 g/mol. The van der Waals surface area contributed by atoms with E-state index in [0.717, 1.165) is 31.7 Å². The van der Waals surface area contributed by atoms with Crippen LogP contribution in [0.25, 0.3) is 0 Å². The molecule has 1 aromatic carbocycles. The molecule has 0 aromatic heterocycles. The molecule has 0 atom stereocenters. The summed E-state index contributed by atoms with van der Waals surface area (Å²) < 4.78 is 6.48. The van der Waals surface area contributed by atoms with Crippen molar-refractivity contribution < 1.29 is 9.84 Å². The van der Waals surface area contributed by atoms with Crippen LogP contribution in [0.3, 0.4) is 0 Å². The molecule has 1 fully saturated rings. The van der Waals surface area contributed by atoms with Crippen molar-refractivity contribution in [3.8, 4) is 11.5 Å². The molecule has 0 saturated carbocycles. The second kappa shape index (κ2) is 4.86. The fraction of sp³-hybridized carbons (Fsp3) is 0.455. The molecule has 1 aromatic rings. The van der Waals surface area contributed by atoms with Crippen molar-refractivity contribution >= 4 is 15.9 Å². The van der Waals surface area contributed by atoms with Crippen LogP contribution in [0.5, 0.6) is 11.5 Å². The van der Waals surface area contributed by atoms with E-state index in [-0.39, 0.29) is 5.75 Å². The number of rotatable bonds is 2. The second-order valence-electron chi connectivity index (χ2n) is 3.68. The number of phenolic OH excluding ortho intramolecular Hbond substituents is 1. The number of halogens is 1. The van der Waals surface area contributed by atoms with Crippen molar-refractivity contribution in [2.45, 2.75) is 18.9 Å². The quantitative estimate of drug-likeness (QED) is 0.867. The van der Waals surface area contributed by atoms with E-state index in [1.165, 1.54) is 0 Å². The number of hydrogen-bond acceptors (Lipinski definition) is 3. The molecule has 1 saturated heterocycles. The topological polar surface area (TPSA) is 41.5 Å². The van der Waals surface area contributed by atoms with Crippen LogP contribution in [-0.2, 0) is 0 Å². The Kier molecular flexibility index (Phi) is 3.49. The lowest BCUT2D eigenvalue weighted by Crippen LogP contribution is -2.34. The van der Waals surface area contributed by atoms with E-state index in [2.05, 4.69) is 21.2 Å². The molecular weight excluding hydrogens is 258 g/mol. The Morgan fingerprint density at radius 3 is 2.73 bits per heavy atom. The third-order valence-corrected chi connectivity index (χ3v) is 3.14. The summed E-state index contributed by atoms with van der Waals surface area (Å²) in [6.07, 6.45) is 2.37. The van der Waals surface area contributed by atoms with Crippen LogP contribution in [0.2, 0.25) is 0 Å². The van der Waals surface area contributed by atoms with Gasteiger partial charge in [-0.15, -0.1) is 0 Å². The smallest absolute Gasteiger partial charge is 0.130 e. The zero-order valence-electron chi connectivity index (χ0n) is 8.37. The summed E-state index contributed by atoms with van der Waals surface area (Å²) in [5.41, 5.74) is 0. The Labute approximate surface area is 97.6 Å². The average molecular weight is 272 g/mol. The van der Waals surface area contributed by atoms with Gasteiger partial charge in [0.1, 0.15) is 17.6 Å². The predicted molar refractivity (Wildman–Crippen MR) is 62.3 cm³/mol. The Balaban J connectivity index is 2.00. The van der Waals surface area contributed by atoms with Gasteiger partial charge in [-0.25, -0.2) is 0 Å². The maximum absolute atomic E-state index is 9.34. The number of aromatic hydroxyl groups is 1. The lowest BCUT2D eigenvalue weighted by molar-refractivity contribution is 0.162. The molecule has 2 rings (SSSR count). The first-order valence-corrected chi connectivity index (χ1v) is 5.91. The summed E-state index contributed by atoms with van der Waals surface area (Å²) in [7, 11) is 0. The van der Waals surface area contributed by atoms with Crippen LogP contribution < -0.4 is 10.1 Å². The van der Waals surface area contributed by atoms with Gasteiger partial charge >= 0.3 is 0 Å². The van der Waals surface area contributed by atoms with Gasteiger partial charge in [-0.1, -0.05) is 0 Å². The van der Waals surface area contributed by atoms with E-state index in [0.29, 0.717) is 10.6 Å². The van der Waals surface area contributed by atoms with Crippen LogP contribution in [0, 0.1) is 0 Å². The van der Waals surface area contributed by atoms with Crippen LogP contribution in [0.1, 0.15) is 12.8 Å². The maximum Gasteiger partial charge on any atom is 0.130 e. The fourth-order valence-corrected chi connectivity index (χ4v) is 2.02. The lowest BCUT2D eigenvalue weighted by atomic mass is 10.1. The summed E-state index contributed by atoms with van der Waals surface area (Å²) in [6, 6.07) is 5.24. The highest BCUT2D eigenvalue weighted by atomic mass is 79.9. The largest absolute Gasteiger partial charge is 0.507 e. The average Bonchev–Trinajstić information content (AvgIpc) is 2.25. The molecule has 0 bridgehead atoms. The van der Waals surface area contributed by atoms with Gasteiger partial charge < -0.3 is 15.2 Å². The van der Waals surface area contributed by atoms with Gasteiger partial charge in [0.15, 0.2) is 0 Å². The second-order valence-corrected chi connectivity index (χ2v) is 4.53. The van der Waals surface area contributed by atoms with Gasteiger partial charge in [0.05, 0.1) is 4.47 Å². The number of ether oxygens (including phenoxy) is 1. The standard InChI is InChI=1S/C11H14BrNO2/c12-10-7-9(1-2-11(10)14)15-8-3-5-13-6-4-8/h1-2,7-8,13-14H,3-6H2. The molecular formula is C11H14BrNO2. The van der Waals surface area contributed by atoms with Gasteiger partial charge in [0, 0.05) is 0 Å². The third kappa shape index (κ3) is 2.86. The molecule has 0 spiro atoms. The van der Waals surface area contributed by atoms with Crippen molar-refractivity contribution in [2.24, 2.45) is 0 Å². The number of phenols is 1. The van der Waals surface area contributed by atoms with E-state index in [1.54, 1.807) is 18.2 Å². The summed E-state index contributed by atoms with van der Waals surface area (Å²) >= 11 is 3.27. The fourth-order valence-electron chi connectivity index (χ4n) is 1.67. The molecule has 3 nitrogen and oxygen atoms in total. The van der Waals surface area contributed by atoms with Crippen molar-refractivity contribution in [1.82, 2.24) is 5.32 Å². The summed E-state index contributed by atoms with van der Waals surface area (Å²) in [5, 5.41) is 12.6. The molecule has 0 aliphatic carbocycles. The highest BCUT2D eigenvalue weighted by Gasteiger charge is 2.14. The number of benzene rings is 1. The Morgan fingerprint density at radius 1 is 1.33 bits per heavy atom. The number of nitrogens with one attached hydrogen (secondary N) is 1. The molecule has 1 aliphatic rings. The Bertz CT molecular complexity index is 337. The highest BCUT2D eigenvalue weighted by molar-refractivity contribution is 9.10. The van der Waals surface area contributed by atoms with E-state index in [1.807, 2.05) is 0 Å². The molecule has 4 heteroatoms. The Hall–Kier alpha value is -0.740. The first-order valence-electron chi connectivity index (χ1n) is 5.11. The van der Waals surface area contributed by atoms with Crippen molar-refractivity contribution in [2.75, 3.05) is 13.1 Å². The molecule has 0 amide bonds. The SMILES string of the molecule is Oc1ccc(OC2CCNCC2)cc1Br. The third-order valence-electron chi connectivity index (χ3n) is 2.51. The lowest BCUT2D eigenvalue weighted by Gasteiger charge is -2.23. The molecule has 2 N–H and O–H groups in total. The minimum absolute atomic E-state index is 0.243. The number of piperidine rings is 1. The minimum atomic E-state index is 0.243. The van der Waals surface area contributed by atoms with Gasteiger partial charge in [0.25, 0.3) is 0 Å². The molecule has 0 radical (unpaired) electrons. The normalized spacial score (nSPS) is 17.7.